The van der Waals surface area contributed by atoms with Crippen molar-refractivity contribution in [1.29, 1.82) is 0 Å². The summed E-state index contributed by atoms with van der Waals surface area (Å²) in [5.41, 5.74) is 5.59. The van der Waals surface area contributed by atoms with E-state index in [0.717, 1.165) is 22.6 Å². The maximum atomic E-state index is 5.81. The number of para-hydroxylation sites is 1. The van der Waals surface area contributed by atoms with Gasteiger partial charge in [-0.1, -0.05) is 36.4 Å². The number of anilines is 1. The molecule has 0 aliphatic carbocycles. The van der Waals surface area contributed by atoms with Crippen LogP contribution in [0.4, 0.5) is 5.69 Å². The van der Waals surface area contributed by atoms with Crippen molar-refractivity contribution < 1.29 is 4.74 Å². The molecule has 2 aromatic carbocycles. The molecule has 2 N–H and O–H groups in total. The smallest absolute Gasteiger partial charge is 0.171 e. The molecule has 0 aliphatic rings. The molecular formula is C23H25N3OS. The van der Waals surface area contributed by atoms with E-state index in [9.17, 15) is 0 Å². The zero-order valence-electron chi connectivity index (χ0n) is 16.4. The first-order valence-electron chi connectivity index (χ1n) is 9.28. The van der Waals surface area contributed by atoms with E-state index in [1.54, 1.807) is 6.20 Å². The standard InChI is InChI=1S/C23H25N3OS/c1-16-6-4-7-17(2)22(16)26-23(28)25-18(3)20-9-11-21(12-10-20)27-15-19-8-5-13-24-14-19/h4-14,18H,15H2,1-3H3,(H2,25,26,28). The first-order chi connectivity index (χ1) is 13.5. The summed E-state index contributed by atoms with van der Waals surface area (Å²) in [7, 11) is 0. The molecular weight excluding hydrogens is 366 g/mol. The van der Waals surface area contributed by atoms with Crippen molar-refractivity contribution in [2.45, 2.75) is 33.4 Å². The Kier molecular flexibility index (Phi) is 6.61. The van der Waals surface area contributed by atoms with Crippen molar-refractivity contribution in [1.82, 2.24) is 10.3 Å². The van der Waals surface area contributed by atoms with E-state index < -0.39 is 0 Å². The second-order valence-corrected chi connectivity index (χ2v) is 7.21. The molecule has 1 aromatic heterocycles. The summed E-state index contributed by atoms with van der Waals surface area (Å²) in [6, 6.07) is 18.2. The Labute approximate surface area is 172 Å². The Balaban J connectivity index is 1.55. The Bertz CT molecular complexity index is 906. The molecule has 3 aromatic rings. The summed E-state index contributed by atoms with van der Waals surface area (Å²) in [4.78, 5) is 4.10. The first-order valence-corrected chi connectivity index (χ1v) is 9.69. The molecule has 0 bridgehead atoms. The molecule has 1 heterocycles. The molecule has 0 saturated heterocycles. The second kappa shape index (κ2) is 9.33. The lowest BCUT2D eigenvalue weighted by Crippen LogP contribution is -2.31. The molecule has 0 spiro atoms. The van der Waals surface area contributed by atoms with Gasteiger partial charge in [0.15, 0.2) is 5.11 Å². The predicted octanol–water partition coefficient (Wildman–Crippen LogP) is 5.33. The topological polar surface area (TPSA) is 46.2 Å². The van der Waals surface area contributed by atoms with E-state index in [2.05, 4.69) is 60.7 Å². The Morgan fingerprint density at radius 1 is 1.04 bits per heavy atom. The van der Waals surface area contributed by atoms with Crippen LogP contribution in [0.2, 0.25) is 0 Å². The van der Waals surface area contributed by atoms with Gasteiger partial charge in [-0.25, -0.2) is 0 Å². The van der Waals surface area contributed by atoms with Gasteiger partial charge in [0.2, 0.25) is 0 Å². The van der Waals surface area contributed by atoms with Gasteiger partial charge in [0, 0.05) is 23.6 Å². The van der Waals surface area contributed by atoms with Crippen molar-refractivity contribution in [2.75, 3.05) is 5.32 Å². The van der Waals surface area contributed by atoms with E-state index in [0.29, 0.717) is 11.7 Å². The number of aryl methyl sites for hydroxylation is 2. The van der Waals surface area contributed by atoms with Crippen molar-refractivity contribution >= 4 is 23.0 Å². The summed E-state index contributed by atoms with van der Waals surface area (Å²) in [6.45, 7) is 6.74. The molecule has 0 radical (unpaired) electrons. The number of hydrogen-bond acceptors (Lipinski definition) is 3. The predicted molar refractivity (Wildman–Crippen MR) is 119 cm³/mol. The minimum absolute atomic E-state index is 0.0803. The van der Waals surface area contributed by atoms with Crippen LogP contribution >= 0.6 is 12.2 Å². The number of aromatic nitrogens is 1. The zero-order chi connectivity index (χ0) is 19.9. The molecule has 0 aliphatic heterocycles. The van der Waals surface area contributed by atoms with Crippen LogP contribution in [0.1, 0.15) is 35.2 Å². The lowest BCUT2D eigenvalue weighted by atomic mass is 10.1. The molecule has 1 unspecified atom stereocenters. The number of nitrogens with one attached hydrogen (secondary N) is 2. The Morgan fingerprint density at radius 2 is 1.75 bits per heavy atom. The summed E-state index contributed by atoms with van der Waals surface area (Å²) in [6.07, 6.45) is 3.57. The average Bonchev–Trinajstić information content (AvgIpc) is 2.70. The largest absolute Gasteiger partial charge is 0.489 e. The fourth-order valence-electron chi connectivity index (χ4n) is 2.94. The second-order valence-electron chi connectivity index (χ2n) is 6.81. The monoisotopic (exact) mass is 391 g/mol. The van der Waals surface area contributed by atoms with Crippen LogP contribution in [0.5, 0.6) is 5.75 Å². The van der Waals surface area contributed by atoms with Gasteiger partial charge in [-0.3, -0.25) is 4.98 Å². The maximum absolute atomic E-state index is 5.81. The number of thiocarbonyl (C=S) groups is 1. The highest BCUT2D eigenvalue weighted by Crippen LogP contribution is 2.21. The van der Waals surface area contributed by atoms with Gasteiger partial charge in [-0.2, -0.15) is 0 Å². The number of hydrogen-bond donors (Lipinski definition) is 2. The zero-order valence-corrected chi connectivity index (χ0v) is 17.2. The van der Waals surface area contributed by atoms with Gasteiger partial charge in [-0.05, 0) is 67.9 Å². The highest BCUT2D eigenvalue weighted by molar-refractivity contribution is 7.80. The molecule has 28 heavy (non-hydrogen) atoms. The van der Waals surface area contributed by atoms with Gasteiger partial charge in [-0.15, -0.1) is 0 Å². The molecule has 0 amide bonds. The van der Waals surface area contributed by atoms with Gasteiger partial charge in [0.1, 0.15) is 12.4 Å². The van der Waals surface area contributed by atoms with Crippen molar-refractivity contribution in [2.24, 2.45) is 0 Å². The van der Waals surface area contributed by atoms with Gasteiger partial charge < -0.3 is 15.4 Å². The fourth-order valence-corrected chi connectivity index (χ4v) is 3.22. The molecule has 1 atom stereocenters. The Hall–Kier alpha value is -2.92. The molecule has 4 nitrogen and oxygen atoms in total. The maximum Gasteiger partial charge on any atom is 0.171 e. The molecule has 0 saturated carbocycles. The lowest BCUT2D eigenvalue weighted by Gasteiger charge is -2.19. The normalized spacial score (nSPS) is 11.5. The average molecular weight is 392 g/mol. The fraction of sp³-hybridized carbons (Fsp3) is 0.217. The number of benzene rings is 2. The van der Waals surface area contributed by atoms with Crippen molar-refractivity contribution in [3.8, 4) is 5.75 Å². The minimum Gasteiger partial charge on any atom is -0.489 e. The molecule has 144 valence electrons. The molecule has 5 heteroatoms. The van der Waals surface area contributed by atoms with Crippen LogP contribution in [-0.4, -0.2) is 10.1 Å². The molecule has 0 fully saturated rings. The van der Waals surface area contributed by atoms with E-state index in [1.165, 1.54) is 11.1 Å². The van der Waals surface area contributed by atoms with E-state index in [-0.39, 0.29) is 6.04 Å². The SMILES string of the molecule is Cc1cccc(C)c1NC(=S)NC(C)c1ccc(OCc2cccnc2)cc1. The minimum atomic E-state index is 0.0803. The molecule has 3 rings (SSSR count). The number of nitrogens with zero attached hydrogens (tertiary/aromatic N) is 1. The number of rotatable bonds is 6. The van der Waals surface area contributed by atoms with Crippen molar-refractivity contribution in [3.63, 3.8) is 0 Å². The number of ether oxygens (including phenoxy) is 1. The van der Waals surface area contributed by atoms with Crippen LogP contribution in [0.15, 0.2) is 67.0 Å². The third kappa shape index (κ3) is 5.30. The van der Waals surface area contributed by atoms with Gasteiger partial charge in [0.05, 0.1) is 6.04 Å². The quantitative estimate of drug-likeness (QED) is 0.557. The van der Waals surface area contributed by atoms with E-state index >= 15 is 0 Å². The number of pyridine rings is 1. The van der Waals surface area contributed by atoms with Crippen LogP contribution in [0.3, 0.4) is 0 Å². The van der Waals surface area contributed by atoms with Crippen LogP contribution in [0.25, 0.3) is 0 Å². The first kappa shape index (κ1) is 19.8. The van der Waals surface area contributed by atoms with Crippen LogP contribution in [-0.2, 0) is 6.61 Å². The third-order valence-corrected chi connectivity index (χ3v) is 4.80. The van der Waals surface area contributed by atoms with Gasteiger partial charge >= 0.3 is 0 Å². The summed E-state index contributed by atoms with van der Waals surface area (Å²) in [5, 5.41) is 7.28. The van der Waals surface area contributed by atoms with E-state index in [1.807, 2.05) is 36.5 Å². The highest BCUT2D eigenvalue weighted by Gasteiger charge is 2.09. The summed E-state index contributed by atoms with van der Waals surface area (Å²) < 4.78 is 5.81. The highest BCUT2D eigenvalue weighted by atomic mass is 32.1. The van der Waals surface area contributed by atoms with Crippen LogP contribution < -0.4 is 15.4 Å². The van der Waals surface area contributed by atoms with Crippen LogP contribution in [0, 0.1) is 13.8 Å². The van der Waals surface area contributed by atoms with E-state index in [4.69, 9.17) is 17.0 Å². The summed E-state index contributed by atoms with van der Waals surface area (Å²) >= 11 is 5.50. The Morgan fingerprint density at radius 3 is 2.39 bits per heavy atom. The summed E-state index contributed by atoms with van der Waals surface area (Å²) in [5.74, 6) is 0.830. The third-order valence-electron chi connectivity index (χ3n) is 4.58. The lowest BCUT2D eigenvalue weighted by molar-refractivity contribution is 0.305. The van der Waals surface area contributed by atoms with Crippen molar-refractivity contribution in [3.05, 3.63) is 89.2 Å². The van der Waals surface area contributed by atoms with Gasteiger partial charge in [0.25, 0.3) is 0 Å².